The fourth-order valence-corrected chi connectivity index (χ4v) is 3.70. The number of hydrogen-bond acceptors (Lipinski definition) is 2. The molecule has 1 saturated carbocycles. The minimum atomic E-state index is -0.237. The highest BCUT2D eigenvalue weighted by Crippen LogP contribution is 2.24. The number of nitrogens with two attached hydrogens (primary N) is 1. The second-order valence-corrected chi connectivity index (χ2v) is 6.83. The maximum absolute atomic E-state index is 12.7. The number of anilines is 1. The first-order valence-electron chi connectivity index (χ1n) is 8.34. The number of nitrogens with zero attached hydrogens (tertiary/aromatic N) is 1. The summed E-state index contributed by atoms with van der Waals surface area (Å²) in [5.41, 5.74) is 1.83. The third-order valence-electron chi connectivity index (χ3n) is 5.13. The zero-order valence-electron chi connectivity index (χ0n) is 13.4. The van der Waals surface area contributed by atoms with E-state index in [1.807, 2.05) is 31.2 Å². The predicted octanol–water partition coefficient (Wildman–Crippen LogP) is 1.77. The first-order valence-corrected chi connectivity index (χ1v) is 8.34. The van der Waals surface area contributed by atoms with E-state index in [-0.39, 0.29) is 17.9 Å². The Morgan fingerprint density at radius 1 is 1.09 bits per heavy atom. The Balaban J connectivity index is 1.72. The lowest BCUT2D eigenvalue weighted by atomic mass is 9.85. The number of imide groups is 1. The highest BCUT2D eigenvalue weighted by Gasteiger charge is 2.44. The molecule has 1 aliphatic carbocycles. The molecule has 1 heterocycles. The largest absolute Gasteiger partial charge is 0.333 e. The summed E-state index contributed by atoms with van der Waals surface area (Å²) in [6.45, 7) is 4.26. The molecule has 0 unspecified atom stereocenters. The van der Waals surface area contributed by atoms with Gasteiger partial charge < -0.3 is 5.32 Å². The van der Waals surface area contributed by atoms with Crippen molar-refractivity contribution in [3.8, 4) is 0 Å². The molecule has 0 spiro atoms. The van der Waals surface area contributed by atoms with Gasteiger partial charge in [-0.2, -0.15) is 0 Å². The highest BCUT2D eigenvalue weighted by molar-refractivity contribution is 6.21. The molecule has 1 aliphatic heterocycles. The number of carbonyl (C=O) groups is 2. The highest BCUT2D eigenvalue weighted by atomic mass is 16.2. The summed E-state index contributed by atoms with van der Waals surface area (Å²) < 4.78 is 0. The summed E-state index contributed by atoms with van der Waals surface area (Å²) in [4.78, 5) is 26.3. The Morgan fingerprint density at radius 3 is 2.45 bits per heavy atom. The maximum atomic E-state index is 12.7. The molecule has 1 aromatic carbocycles. The van der Waals surface area contributed by atoms with Crippen LogP contribution < -0.4 is 10.2 Å². The van der Waals surface area contributed by atoms with Crippen LogP contribution in [0.25, 0.3) is 0 Å². The van der Waals surface area contributed by atoms with Crippen LogP contribution in [0.1, 0.15) is 44.6 Å². The molecule has 0 radical (unpaired) electrons. The normalized spacial score (nSPS) is 29.2. The SMILES string of the molecule is Cc1ccc(N2C(=O)C[C@H]([NH2+][C@@H]3CCCC[C@@H]3C)C2=O)cc1. The number of quaternary nitrogens is 1. The molecule has 3 atom stereocenters. The van der Waals surface area contributed by atoms with Gasteiger partial charge in [0.05, 0.1) is 18.2 Å². The Kier molecular flexibility index (Phi) is 4.30. The molecule has 2 aliphatic rings. The molecule has 3 rings (SSSR count). The van der Waals surface area contributed by atoms with Gasteiger partial charge in [0.25, 0.3) is 5.91 Å². The average Bonchev–Trinajstić information content (AvgIpc) is 2.77. The van der Waals surface area contributed by atoms with Gasteiger partial charge in [0.15, 0.2) is 6.04 Å². The fraction of sp³-hybridized carbons (Fsp3) is 0.556. The van der Waals surface area contributed by atoms with Crippen molar-refractivity contribution in [2.75, 3.05) is 4.90 Å². The molecule has 2 N–H and O–H groups in total. The molecular weight excluding hydrogens is 276 g/mol. The summed E-state index contributed by atoms with van der Waals surface area (Å²) in [6, 6.07) is 7.84. The van der Waals surface area contributed by atoms with Crippen LogP contribution in [0.2, 0.25) is 0 Å². The van der Waals surface area contributed by atoms with Gasteiger partial charge >= 0.3 is 0 Å². The van der Waals surface area contributed by atoms with Gasteiger partial charge in [0, 0.05) is 5.92 Å². The van der Waals surface area contributed by atoms with Crippen molar-refractivity contribution in [2.24, 2.45) is 5.92 Å². The van der Waals surface area contributed by atoms with E-state index < -0.39 is 0 Å². The molecule has 22 heavy (non-hydrogen) atoms. The molecule has 0 aromatic heterocycles. The molecule has 118 valence electrons. The van der Waals surface area contributed by atoms with Crippen molar-refractivity contribution >= 4 is 17.5 Å². The summed E-state index contributed by atoms with van der Waals surface area (Å²) in [6.07, 6.45) is 5.25. The van der Waals surface area contributed by atoms with Crippen LogP contribution in [0, 0.1) is 12.8 Å². The minimum Gasteiger partial charge on any atom is -0.333 e. The summed E-state index contributed by atoms with van der Waals surface area (Å²) in [7, 11) is 0. The van der Waals surface area contributed by atoms with Crippen LogP contribution in [-0.2, 0) is 9.59 Å². The number of carbonyl (C=O) groups excluding carboxylic acids is 2. The first kappa shape index (κ1) is 15.2. The average molecular weight is 301 g/mol. The van der Waals surface area contributed by atoms with E-state index in [9.17, 15) is 9.59 Å². The third-order valence-corrected chi connectivity index (χ3v) is 5.13. The molecule has 2 amide bonds. The number of benzene rings is 1. The molecule has 4 nitrogen and oxygen atoms in total. The van der Waals surface area contributed by atoms with Crippen molar-refractivity contribution in [1.82, 2.24) is 0 Å². The van der Waals surface area contributed by atoms with E-state index in [1.165, 1.54) is 24.2 Å². The van der Waals surface area contributed by atoms with E-state index >= 15 is 0 Å². The first-order chi connectivity index (χ1) is 10.6. The van der Waals surface area contributed by atoms with Crippen LogP contribution in [0.5, 0.6) is 0 Å². The van der Waals surface area contributed by atoms with Crippen molar-refractivity contribution < 1.29 is 14.9 Å². The Bertz CT molecular complexity index is 567. The van der Waals surface area contributed by atoms with Gasteiger partial charge in [-0.05, 0) is 38.3 Å². The number of rotatable bonds is 3. The number of hydrogen-bond donors (Lipinski definition) is 1. The summed E-state index contributed by atoms with van der Waals surface area (Å²) in [5.74, 6) is 0.510. The Labute approximate surface area is 131 Å². The van der Waals surface area contributed by atoms with Crippen molar-refractivity contribution in [3.05, 3.63) is 29.8 Å². The smallest absolute Gasteiger partial charge is 0.292 e. The Morgan fingerprint density at radius 2 is 1.77 bits per heavy atom. The maximum Gasteiger partial charge on any atom is 0.292 e. The van der Waals surface area contributed by atoms with E-state index in [4.69, 9.17) is 0 Å². The predicted molar refractivity (Wildman–Crippen MR) is 85.4 cm³/mol. The van der Waals surface area contributed by atoms with Gasteiger partial charge in [0.2, 0.25) is 5.91 Å². The third kappa shape index (κ3) is 2.93. The van der Waals surface area contributed by atoms with Crippen LogP contribution in [0.4, 0.5) is 5.69 Å². The van der Waals surface area contributed by atoms with Crippen LogP contribution >= 0.6 is 0 Å². The van der Waals surface area contributed by atoms with E-state index in [1.54, 1.807) is 0 Å². The topological polar surface area (TPSA) is 54.0 Å². The molecule has 0 bridgehead atoms. The summed E-state index contributed by atoms with van der Waals surface area (Å²) in [5, 5.41) is 2.16. The van der Waals surface area contributed by atoms with Gasteiger partial charge in [-0.15, -0.1) is 0 Å². The van der Waals surface area contributed by atoms with Crippen molar-refractivity contribution in [2.45, 2.75) is 58.0 Å². The standard InChI is InChI=1S/C18H24N2O2/c1-12-7-9-14(10-8-12)20-17(21)11-16(18(20)22)19-15-6-4-3-5-13(15)2/h7-10,13,15-16,19H,3-6,11H2,1-2H3/p+1/t13-,15+,16-/m0/s1. The molecule has 1 saturated heterocycles. The van der Waals surface area contributed by atoms with E-state index in [0.717, 1.165) is 12.0 Å². The van der Waals surface area contributed by atoms with Gasteiger partial charge in [-0.25, -0.2) is 4.90 Å². The van der Waals surface area contributed by atoms with Crippen LogP contribution in [0.15, 0.2) is 24.3 Å². The van der Waals surface area contributed by atoms with E-state index in [0.29, 0.717) is 24.1 Å². The zero-order valence-corrected chi connectivity index (χ0v) is 13.4. The lowest BCUT2D eigenvalue weighted by Crippen LogP contribution is -2.97. The van der Waals surface area contributed by atoms with Crippen molar-refractivity contribution in [3.63, 3.8) is 0 Å². The van der Waals surface area contributed by atoms with Crippen molar-refractivity contribution in [1.29, 1.82) is 0 Å². The van der Waals surface area contributed by atoms with Crippen LogP contribution in [-0.4, -0.2) is 23.9 Å². The minimum absolute atomic E-state index is 0.0494. The fourth-order valence-electron chi connectivity index (χ4n) is 3.70. The second-order valence-electron chi connectivity index (χ2n) is 6.83. The number of aryl methyl sites for hydroxylation is 1. The molecule has 1 aromatic rings. The van der Waals surface area contributed by atoms with Crippen LogP contribution in [0.3, 0.4) is 0 Å². The van der Waals surface area contributed by atoms with E-state index in [2.05, 4.69) is 12.2 Å². The van der Waals surface area contributed by atoms with Gasteiger partial charge in [0.1, 0.15) is 0 Å². The quantitative estimate of drug-likeness (QED) is 0.865. The molecule has 4 heteroatoms. The lowest BCUT2D eigenvalue weighted by Gasteiger charge is -2.28. The molecule has 2 fully saturated rings. The second kappa shape index (κ2) is 6.21. The Hall–Kier alpha value is -1.68. The number of amides is 2. The zero-order chi connectivity index (χ0) is 15.7. The summed E-state index contributed by atoms with van der Waals surface area (Å²) >= 11 is 0. The van der Waals surface area contributed by atoms with Gasteiger partial charge in [-0.3, -0.25) is 9.59 Å². The lowest BCUT2D eigenvalue weighted by molar-refractivity contribution is -0.715. The monoisotopic (exact) mass is 301 g/mol. The van der Waals surface area contributed by atoms with Gasteiger partial charge in [-0.1, -0.05) is 31.0 Å². The molecular formula is C18H25N2O2+.